The minimum Gasteiger partial charge on any atom is -0.335 e. The van der Waals surface area contributed by atoms with Gasteiger partial charge in [0.15, 0.2) is 0 Å². The van der Waals surface area contributed by atoms with Crippen molar-refractivity contribution < 1.29 is 22.5 Å². The Hall–Kier alpha value is -3.76. The molecule has 11 heteroatoms. The Kier molecular flexibility index (Phi) is 4.06. The molecule has 2 N–H and O–H groups in total. The van der Waals surface area contributed by atoms with E-state index in [-0.39, 0.29) is 11.3 Å². The van der Waals surface area contributed by atoms with Gasteiger partial charge in [-0.1, -0.05) is 35.5 Å². The Bertz CT molecular complexity index is 1170. The lowest BCUT2D eigenvalue weighted by Crippen LogP contribution is -2.14. The minimum absolute atomic E-state index is 0.126. The van der Waals surface area contributed by atoms with Crippen LogP contribution in [0.2, 0.25) is 0 Å². The zero-order chi connectivity index (χ0) is 19.9. The first-order valence-corrected chi connectivity index (χ1v) is 7.96. The number of halogens is 3. The Morgan fingerprint density at radius 3 is 2.61 bits per heavy atom. The molecule has 1 aromatic carbocycles. The van der Waals surface area contributed by atoms with Gasteiger partial charge in [-0.15, -0.1) is 5.10 Å². The minimum atomic E-state index is -4.70. The molecule has 0 radical (unpaired) electrons. The molecule has 0 aliphatic carbocycles. The van der Waals surface area contributed by atoms with Gasteiger partial charge in [0.1, 0.15) is 0 Å². The molecule has 0 fully saturated rings. The quantitative estimate of drug-likeness (QED) is 0.555. The Balaban J connectivity index is 1.75. The standard InChI is InChI=1S/C17H11F3N6O2/c1-8-12-10(13(27)22-16-23-15(24-25-16)17(18,19)20)7-11(21-14(12)28-26-8)9-5-3-2-4-6-9/h2-7H,1H3,(H2,22,23,24,25,27). The molecule has 4 aromatic rings. The molecule has 0 aliphatic rings. The second-order valence-corrected chi connectivity index (χ2v) is 5.83. The van der Waals surface area contributed by atoms with Gasteiger partial charge in [0, 0.05) is 5.56 Å². The first-order valence-electron chi connectivity index (χ1n) is 7.96. The van der Waals surface area contributed by atoms with E-state index in [1.165, 1.54) is 6.07 Å². The predicted molar refractivity (Wildman–Crippen MR) is 91.3 cm³/mol. The van der Waals surface area contributed by atoms with Gasteiger partial charge in [-0.05, 0) is 13.0 Å². The average molecular weight is 388 g/mol. The second kappa shape index (κ2) is 6.44. The number of nitrogens with one attached hydrogen (secondary N) is 2. The van der Waals surface area contributed by atoms with Crippen LogP contribution < -0.4 is 5.32 Å². The molecule has 0 saturated heterocycles. The molecule has 4 rings (SSSR count). The number of rotatable bonds is 3. The molecule has 3 aromatic heterocycles. The van der Waals surface area contributed by atoms with E-state index in [9.17, 15) is 18.0 Å². The van der Waals surface area contributed by atoms with Gasteiger partial charge in [-0.2, -0.15) is 18.2 Å². The van der Waals surface area contributed by atoms with Gasteiger partial charge in [-0.3, -0.25) is 15.2 Å². The Morgan fingerprint density at radius 1 is 1.18 bits per heavy atom. The largest absolute Gasteiger partial charge is 0.451 e. The lowest BCUT2D eigenvalue weighted by atomic mass is 10.1. The number of aromatic nitrogens is 5. The lowest BCUT2D eigenvalue weighted by molar-refractivity contribution is -0.144. The van der Waals surface area contributed by atoms with Gasteiger partial charge >= 0.3 is 6.18 Å². The number of benzene rings is 1. The summed E-state index contributed by atoms with van der Waals surface area (Å²) in [6.45, 7) is 1.63. The number of nitrogens with zero attached hydrogens (tertiary/aromatic N) is 4. The summed E-state index contributed by atoms with van der Waals surface area (Å²) in [4.78, 5) is 20.3. The molecular weight excluding hydrogens is 377 g/mol. The highest BCUT2D eigenvalue weighted by Crippen LogP contribution is 2.28. The number of aromatic amines is 1. The van der Waals surface area contributed by atoms with Gasteiger partial charge < -0.3 is 4.52 Å². The highest BCUT2D eigenvalue weighted by molar-refractivity contribution is 6.12. The third-order valence-corrected chi connectivity index (χ3v) is 3.91. The molecule has 3 heterocycles. The monoisotopic (exact) mass is 388 g/mol. The summed E-state index contributed by atoms with van der Waals surface area (Å²) < 4.78 is 43.1. The second-order valence-electron chi connectivity index (χ2n) is 5.83. The van der Waals surface area contributed by atoms with Gasteiger partial charge in [0.05, 0.1) is 22.3 Å². The topological polar surface area (TPSA) is 110 Å². The van der Waals surface area contributed by atoms with Crippen LogP contribution in [0.15, 0.2) is 40.9 Å². The number of aryl methyl sites for hydroxylation is 1. The SMILES string of the molecule is Cc1noc2nc(-c3ccccc3)cc(C(=O)Nc3n[nH]c(C(F)(F)F)n3)c12. The first-order chi connectivity index (χ1) is 13.3. The van der Waals surface area contributed by atoms with Crippen LogP contribution in [0.25, 0.3) is 22.4 Å². The van der Waals surface area contributed by atoms with Crippen molar-refractivity contribution in [3.63, 3.8) is 0 Å². The zero-order valence-corrected chi connectivity index (χ0v) is 14.2. The summed E-state index contributed by atoms with van der Waals surface area (Å²) in [6.07, 6.45) is -4.70. The molecule has 0 saturated carbocycles. The molecule has 0 bridgehead atoms. The van der Waals surface area contributed by atoms with Gasteiger partial charge in [0.25, 0.3) is 11.6 Å². The number of hydrogen-bond donors (Lipinski definition) is 2. The summed E-state index contributed by atoms with van der Waals surface area (Å²) >= 11 is 0. The number of amides is 1. The molecule has 0 atom stereocenters. The van der Waals surface area contributed by atoms with Crippen LogP contribution in [-0.4, -0.2) is 31.2 Å². The third kappa shape index (κ3) is 3.17. The van der Waals surface area contributed by atoms with E-state index in [2.05, 4.69) is 25.5 Å². The number of carbonyl (C=O) groups excluding carboxylic acids is 1. The smallest absolute Gasteiger partial charge is 0.335 e. The maximum Gasteiger partial charge on any atom is 0.451 e. The predicted octanol–water partition coefficient (Wildman–Crippen LogP) is 3.59. The third-order valence-electron chi connectivity index (χ3n) is 3.91. The maximum absolute atomic E-state index is 12.7. The average Bonchev–Trinajstić information content (AvgIpc) is 3.29. The van der Waals surface area contributed by atoms with E-state index < -0.39 is 23.9 Å². The van der Waals surface area contributed by atoms with Crippen LogP contribution >= 0.6 is 0 Å². The van der Waals surface area contributed by atoms with Crippen LogP contribution in [0.4, 0.5) is 19.1 Å². The summed E-state index contributed by atoms with van der Waals surface area (Å²) in [6, 6.07) is 10.5. The summed E-state index contributed by atoms with van der Waals surface area (Å²) in [5.74, 6) is -2.53. The molecule has 0 aliphatic heterocycles. The fourth-order valence-electron chi connectivity index (χ4n) is 2.64. The van der Waals surface area contributed by atoms with Crippen molar-refractivity contribution >= 4 is 23.0 Å². The number of anilines is 1. The highest BCUT2D eigenvalue weighted by Gasteiger charge is 2.35. The van der Waals surface area contributed by atoms with E-state index in [1.807, 2.05) is 6.07 Å². The van der Waals surface area contributed by atoms with E-state index in [4.69, 9.17) is 4.52 Å². The fourth-order valence-corrected chi connectivity index (χ4v) is 2.64. The number of pyridine rings is 1. The highest BCUT2D eigenvalue weighted by atomic mass is 19.4. The Morgan fingerprint density at radius 2 is 1.93 bits per heavy atom. The number of carbonyl (C=O) groups is 1. The van der Waals surface area contributed by atoms with Crippen molar-refractivity contribution in [2.24, 2.45) is 0 Å². The van der Waals surface area contributed by atoms with Crippen LogP contribution in [-0.2, 0) is 6.18 Å². The van der Waals surface area contributed by atoms with Crippen molar-refractivity contribution in [3.05, 3.63) is 53.5 Å². The van der Waals surface area contributed by atoms with E-state index in [0.29, 0.717) is 16.8 Å². The van der Waals surface area contributed by atoms with Crippen molar-refractivity contribution in [3.8, 4) is 11.3 Å². The number of hydrogen-bond acceptors (Lipinski definition) is 6. The van der Waals surface area contributed by atoms with Crippen molar-refractivity contribution in [1.29, 1.82) is 0 Å². The number of H-pyrrole nitrogens is 1. The Labute approximate surface area is 154 Å². The molecule has 142 valence electrons. The summed E-state index contributed by atoms with van der Waals surface area (Å²) in [5.41, 5.74) is 1.85. The van der Waals surface area contributed by atoms with Crippen LogP contribution in [0.3, 0.4) is 0 Å². The summed E-state index contributed by atoms with van der Waals surface area (Å²) in [7, 11) is 0. The van der Waals surface area contributed by atoms with E-state index in [1.54, 1.807) is 36.3 Å². The van der Waals surface area contributed by atoms with E-state index >= 15 is 0 Å². The lowest BCUT2D eigenvalue weighted by Gasteiger charge is -2.06. The van der Waals surface area contributed by atoms with Crippen molar-refractivity contribution in [2.75, 3.05) is 5.32 Å². The fraction of sp³-hybridized carbons (Fsp3) is 0.118. The van der Waals surface area contributed by atoms with Crippen molar-refractivity contribution in [1.82, 2.24) is 25.3 Å². The molecule has 0 spiro atoms. The first kappa shape index (κ1) is 17.6. The molecule has 1 amide bonds. The molecule has 28 heavy (non-hydrogen) atoms. The van der Waals surface area contributed by atoms with Crippen molar-refractivity contribution in [2.45, 2.75) is 13.1 Å². The van der Waals surface area contributed by atoms with Crippen LogP contribution in [0.1, 0.15) is 21.9 Å². The maximum atomic E-state index is 12.7. The molecule has 8 nitrogen and oxygen atoms in total. The zero-order valence-electron chi connectivity index (χ0n) is 14.2. The van der Waals surface area contributed by atoms with E-state index in [0.717, 1.165) is 5.56 Å². The van der Waals surface area contributed by atoms with Crippen LogP contribution in [0, 0.1) is 6.92 Å². The number of fused-ring (bicyclic) bond motifs is 1. The number of alkyl halides is 3. The molecular formula is C17H11F3N6O2. The van der Waals surface area contributed by atoms with Gasteiger partial charge in [0.2, 0.25) is 11.8 Å². The normalized spacial score (nSPS) is 11.7. The summed E-state index contributed by atoms with van der Waals surface area (Å²) in [5, 5.41) is 11.5. The van der Waals surface area contributed by atoms with Gasteiger partial charge in [-0.25, -0.2) is 4.98 Å². The molecule has 0 unspecified atom stereocenters. The van der Waals surface area contributed by atoms with Crippen LogP contribution in [0.5, 0.6) is 0 Å².